The molecule has 0 aliphatic rings. The maximum atomic E-state index is 11.2. The number of hydrogen-bond donors (Lipinski definition) is 0. The van der Waals surface area contributed by atoms with E-state index >= 15 is 0 Å². The van der Waals surface area contributed by atoms with E-state index in [2.05, 4.69) is 11.8 Å². The zero-order valence-corrected chi connectivity index (χ0v) is 9.59. The minimum atomic E-state index is 0.0689. The van der Waals surface area contributed by atoms with Crippen LogP contribution >= 0.6 is 0 Å². The van der Waals surface area contributed by atoms with Crippen LogP contribution in [0, 0.1) is 11.8 Å². The second-order valence-corrected chi connectivity index (χ2v) is 3.56. The number of ketones is 1. The van der Waals surface area contributed by atoms with E-state index in [0.29, 0.717) is 5.56 Å². The third kappa shape index (κ3) is 2.60. The summed E-state index contributed by atoms with van der Waals surface area (Å²) in [5.41, 5.74) is 2.64. The van der Waals surface area contributed by atoms with Gasteiger partial charge in [0.2, 0.25) is 0 Å². The van der Waals surface area contributed by atoms with E-state index in [0.717, 1.165) is 11.3 Å². The van der Waals surface area contributed by atoms with E-state index in [-0.39, 0.29) is 5.78 Å². The van der Waals surface area contributed by atoms with Gasteiger partial charge < -0.3 is 4.90 Å². The van der Waals surface area contributed by atoms with Crippen molar-refractivity contribution in [2.45, 2.75) is 13.8 Å². The molecule has 0 N–H and O–H groups in total. The summed E-state index contributed by atoms with van der Waals surface area (Å²) in [7, 11) is 3.92. The molecule has 0 heterocycles. The van der Waals surface area contributed by atoms with Crippen molar-refractivity contribution < 1.29 is 4.79 Å². The van der Waals surface area contributed by atoms with Crippen molar-refractivity contribution in [1.29, 1.82) is 0 Å². The molecule has 0 aliphatic heterocycles. The van der Waals surface area contributed by atoms with Crippen molar-refractivity contribution in [1.82, 2.24) is 0 Å². The van der Waals surface area contributed by atoms with Gasteiger partial charge in [-0.05, 0) is 32.0 Å². The van der Waals surface area contributed by atoms with E-state index in [1.54, 1.807) is 13.8 Å². The normalized spacial score (nSPS) is 9.07. The molecular weight excluding hydrogens is 186 g/mol. The molecule has 0 aromatic heterocycles. The molecule has 1 aromatic rings. The number of carbonyl (C=O) groups excluding carboxylic acids is 1. The predicted molar refractivity (Wildman–Crippen MR) is 63.3 cm³/mol. The standard InChI is InChI=1S/C13H15NO/c1-5-6-12-9-11(10(2)15)7-8-13(12)14(3)4/h7-9H,1-4H3. The first-order valence-electron chi connectivity index (χ1n) is 4.81. The van der Waals surface area contributed by atoms with E-state index < -0.39 is 0 Å². The van der Waals surface area contributed by atoms with E-state index in [1.807, 2.05) is 37.2 Å². The average Bonchev–Trinajstić information content (AvgIpc) is 2.17. The third-order valence-corrected chi connectivity index (χ3v) is 2.14. The smallest absolute Gasteiger partial charge is 0.159 e. The van der Waals surface area contributed by atoms with Gasteiger partial charge in [0.05, 0.1) is 5.69 Å². The SMILES string of the molecule is CC#Cc1cc(C(C)=O)ccc1N(C)C. The Morgan fingerprint density at radius 2 is 2.00 bits per heavy atom. The Kier molecular flexibility index (Phi) is 3.51. The molecule has 0 saturated heterocycles. The fourth-order valence-corrected chi connectivity index (χ4v) is 1.38. The lowest BCUT2D eigenvalue weighted by Crippen LogP contribution is -2.11. The number of rotatable bonds is 2. The van der Waals surface area contributed by atoms with Gasteiger partial charge in [-0.15, -0.1) is 5.92 Å². The lowest BCUT2D eigenvalue weighted by Gasteiger charge is -2.15. The summed E-state index contributed by atoms with van der Waals surface area (Å²) < 4.78 is 0. The number of nitrogens with zero attached hydrogens (tertiary/aromatic N) is 1. The third-order valence-electron chi connectivity index (χ3n) is 2.14. The fraction of sp³-hybridized carbons (Fsp3) is 0.308. The maximum Gasteiger partial charge on any atom is 0.159 e. The molecule has 78 valence electrons. The van der Waals surface area contributed by atoms with E-state index in [4.69, 9.17) is 0 Å². The van der Waals surface area contributed by atoms with Gasteiger partial charge in [0.15, 0.2) is 5.78 Å². The highest BCUT2D eigenvalue weighted by Crippen LogP contribution is 2.19. The summed E-state index contributed by atoms with van der Waals surface area (Å²) >= 11 is 0. The van der Waals surface area contributed by atoms with Crippen LogP contribution in [0.25, 0.3) is 0 Å². The molecule has 0 aliphatic carbocycles. The Labute approximate surface area is 90.9 Å². The molecular formula is C13H15NO. The molecule has 2 nitrogen and oxygen atoms in total. The number of anilines is 1. The van der Waals surface area contributed by atoms with Crippen LogP contribution in [-0.4, -0.2) is 19.9 Å². The van der Waals surface area contributed by atoms with Crippen LogP contribution in [-0.2, 0) is 0 Å². The largest absolute Gasteiger partial charge is 0.377 e. The Balaban J connectivity index is 3.31. The van der Waals surface area contributed by atoms with E-state index in [9.17, 15) is 4.79 Å². The van der Waals surface area contributed by atoms with Gasteiger partial charge in [-0.2, -0.15) is 0 Å². The highest BCUT2D eigenvalue weighted by Gasteiger charge is 2.06. The first kappa shape index (κ1) is 11.3. The van der Waals surface area contributed by atoms with Gasteiger partial charge in [0, 0.05) is 25.2 Å². The Morgan fingerprint density at radius 1 is 1.33 bits per heavy atom. The minimum Gasteiger partial charge on any atom is -0.377 e. The quantitative estimate of drug-likeness (QED) is 0.540. The van der Waals surface area contributed by atoms with Crippen LogP contribution in [0.1, 0.15) is 29.8 Å². The molecule has 0 amide bonds. The molecule has 1 rings (SSSR count). The molecule has 0 atom stereocenters. The number of Topliss-reactive ketones (excluding diaryl/α,β-unsaturated/α-hetero) is 1. The minimum absolute atomic E-state index is 0.0689. The average molecular weight is 201 g/mol. The second-order valence-electron chi connectivity index (χ2n) is 3.56. The molecule has 15 heavy (non-hydrogen) atoms. The Hall–Kier alpha value is -1.75. The van der Waals surface area contributed by atoms with Gasteiger partial charge in [0.1, 0.15) is 0 Å². The van der Waals surface area contributed by atoms with Gasteiger partial charge in [-0.25, -0.2) is 0 Å². The zero-order chi connectivity index (χ0) is 11.4. The molecule has 0 fully saturated rings. The van der Waals surface area contributed by atoms with Crippen molar-refractivity contribution >= 4 is 11.5 Å². The summed E-state index contributed by atoms with van der Waals surface area (Å²) in [6.45, 7) is 3.35. The lowest BCUT2D eigenvalue weighted by molar-refractivity contribution is 0.101. The highest BCUT2D eigenvalue weighted by molar-refractivity contribution is 5.95. The van der Waals surface area contributed by atoms with Crippen LogP contribution in [0.15, 0.2) is 18.2 Å². The first-order valence-corrected chi connectivity index (χ1v) is 4.81. The first-order chi connectivity index (χ1) is 7.06. The van der Waals surface area contributed by atoms with E-state index in [1.165, 1.54) is 0 Å². The molecule has 0 saturated carbocycles. The van der Waals surface area contributed by atoms with Crippen molar-refractivity contribution in [3.05, 3.63) is 29.3 Å². The molecule has 0 bridgehead atoms. The lowest BCUT2D eigenvalue weighted by atomic mass is 10.1. The van der Waals surface area contributed by atoms with Gasteiger partial charge >= 0.3 is 0 Å². The highest BCUT2D eigenvalue weighted by atomic mass is 16.1. The Morgan fingerprint density at radius 3 is 2.47 bits per heavy atom. The van der Waals surface area contributed by atoms with Crippen LogP contribution in [0.4, 0.5) is 5.69 Å². The van der Waals surface area contributed by atoms with Gasteiger partial charge in [0.25, 0.3) is 0 Å². The van der Waals surface area contributed by atoms with Crippen LogP contribution < -0.4 is 4.90 Å². The Bertz CT molecular complexity index is 436. The van der Waals surface area contributed by atoms with Gasteiger partial charge in [-0.3, -0.25) is 4.79 Å². The summed E-state index contributed by atoms with van der Waals surface area (Å²) in [5, 5.41) is 0. The molecule has 0 radical (unpaired) electrons. The number of carbonyl (C=O) groups is 1. The van der Waals surface area contributed by atoms with Crippen molar-refractivity contribution in [2.24, 2.45) is 0 Å². The molecule has 0 unspecified atom stereocenters. The fourth-order valence-electron chi connectivity index (χ4n) is 1.38. The summed E-state index contributed by atoms with van der Waals surface area (Å²) in [5.74, 6) is 5.94. The molecule has 0 spiro atoms. The number of benzene rings is 1. The second kappa shape index (κ2) is 4.65. The number of hydrogen-bond acceptors (Lipinski definition) is 2. The zero-order valence-electron chi connectivity index (χ0n) is 9.59. The molecule has 1 aromatic carbocycles. The van der Waals surface area contributed by atoms with Crippen LogP contribution in [0.2, 0.25) is 0 Å². The summed E-state index contributed by atoms with van der Waals surface area (Å²) in [6.07, 6.45) is 0. The van der Waals surface area contributed by atoms with Crippen molar-refractivity contribution in [2.75, 3.05) is 19.0 Å². The monoisotopic (exact) mass is 201 g/mol. The topological polar surface area (TPSA) is 20.3 Å². The van der Waals surface area contributed by atoms with Crippen LogP contribution in [0.3, 0.4) is 0 Å². The maximum absolute atomic E-state index is 11.2. The summed E-state index contributed by atoms with van der Waals surface area (Å²) in [4.78, 5) is 13.2. The molecule has 2 heteroatoms. The predicted octanol–water partition coefficient (Wildman–Crippen LogP) is 2.33. The van der Waals surface area contributed by atoms with Gasteiger partial charge in [-0.1, -0.05) is 5.92 Å². The van der Waals surface area contributed by atoms with Crippen molar-refractivity contribution in [3.8, 4) is 11.8 Å². The van der Waals surface area contributed by atoms with Crippen LogP contribution in [0.5, 0.6) is 0 Å². The van der Waals surface area contributed by atoms with Crippen molar-refractivity contribution in [3.63, 3.8) is 0 Å². The summed E-state index contributed by atoms with van der Waals surface area (Å²) in [6, 6.07) is 5.60.